The normalized spacial score (nSPS) is 15.3. The fraction of sp³-hybridized carbons (Fsp3) is 0.200. The van der Waals surface area contributed by atoms with Gasteiger partial charge in [-0.2, -0.15) is 0 Å². The van der Waals surface area contributed by atoms with Gasteiger partial charge in [-0.25, -0.2) is 0 Å². The Morgan fingerprint density at radius 3 is 2.50 bits per heavy atom. The van der Waals surface area contributed by atoms with Gasteiger partial charge >= 0.3 is 0 Å². The van der Waals surface area contributed by atoms with Crippen LogP contribution in [0.15, 0.2) is 33.2 Å². The second kappa shape index (κ2) is 3.35. The third-order valence-electron chi connectivity index (χ3n) is 2.08. The van der Waals surface area contributed by atoms with Crippen LogP contribution in [0.3, 0.4) is 0 Å². The predicted molar refractivity (Wildman–Crippen MR) is 59.1 cm³/mol. The number of hydrogen-bond acceptors (Lipinski definition) is 0. The van der Waals surface area contributed by atoms with E-state index in [1.165, 1.54) is 28.5 Å². The Kier molecular flexibility index (Phi) is 2.37. The van der Waals surface area contributed by atoms with E-state index in [0.29, 0.717) is 0 Å². The van der Waals surface area contributed by atoms with Crippen LogP contribution in [-0.4, -0.2) is 0 Å². The molecule has 0 heterocycles. The topological polar surface area (TPSA) is 0 Å². The molecule has 2 rings (SSSR count). The summed E-state index contributed by atoms with van der Waals surface area (Å²) in [4.78, 5) is 0. The van der Waals surface area contributed by atoms with Gasteiger partial charge in [-0.15, -0.1) is 0 Å². The molecule has 1 aliphatic rings. The first-order valence-corrected chi connectivity index (χ1v) is 5.50. The molecule has 0 amide bonds. The molecule has 0 atom stereocenters. The quantitative estimate of drug-likeness (QED) is 0.719. The summed E-state index contributed by atoms with van der Waals surface area (Å²) in [7, 11) is 0. The van der Waals surface area contributed by atoms with E-state index in [0.717, 1.165) is 4.47 Å². The fourth-order valence-corrected chi connectivity index (χ4v) is 2.14. The van der Waals surface area contributed by atoms with Gasteiger partial charge in [0.1, 0.15) is 0 Å². The largest absolute Gasteiger partial charge is 0.0803 e. The van der Waals surface area contributed by atoms with Crippen molar-refractivity contribution in [2.75, 3.05) is 0 Å². The molecule has 0 unspecified atom stereocenters. The smallest absolute Gasteiger partial charge is 0.0251 e. The molecule has 0 nitrogen and oxygen atoms in total. The second-order valence-corrected chi connectivity index (χ2v) is 4.66. The first kappa shape index (κ1) is 8.52. The van der Waals surface area contributed by atoms with Gasteiger partial charge in [0.2, 0.25) is 0 Å². The number of rotatable bonds is 1. The summed E-state index contributed by atoms with van der Waals surface area (Å²) in [6.45, 7) is 0. The molecule has 1 aromatic rings. The van der Waals surface area contributed by atoms with Crippen LogP contribution in [-0.2, 0) is 0 Å². The van der Waals surface area contributed by atoms with Crippen LogP contribution in [0.25, 0.3) is 5.57 Å². The minimum absolute atomic E-state index is 1.15. The van der Waals surface area contributed by atoms with Gasteiger partial charge < -0.3 is 0 Å². The highest BCUT2D eigenvalue weighted by Crippen LogP contribution is 2.35. The van der Waals surface area contributed by atoms with Crippen LogP contribution < -0.4 is 0 Å². The van der Waals surface area contributed by atoms with Gasteiger partial charge in [0.05, 0.1) is 0 Å². The Balaban J connectivity index is 2.48. The Morgan fingerprint density at radius 1 is 1.17 bits per heavy atom. The minimum atomic E-state index is 1.15. The van der Waals surface area contributed by atoms with E-state index in [1.54, 1.807) is 0 Å². The first-order valence-electron chi connectivity index (χ1n) is 3.92. The molecule has 0 N–H and O–H groups in total. The third kappa shape index (κ3) is 1.50. The Bertz CT molecular complexity index is 340. The van der Waals surface area contributed by atoms with Gasteiger partial charge in [0, 0.05) is 8.95 Å². The molecular formula is C10H8Br2. The van der Waals surface area contributed by atoms with Crippen LogP contribution in [0.2, 0.25) is 0 Å². The zero-order valence-corrected chi connectivity index (χ0v) is 9.65. The van der Waals surface area contributed by atoms with Crippen molar-refractivity contribution in [2.24, 2.45) is 0 Å². The highest BCUT2D eigenvalue weighted by molar-refractivity contribution is 9.11. The van der Waals surface area contributed by atoms with Crippen molar-refractivity contribution in [3.63, 3.8) is 0 Å². The molecule has 1 aromatic carbocycles. The summed E-state index contributed by atoms with van der Waals surface area (Å²) in [5.74, 6) is 0. The van der Waals surface area contributed by atoms with Crippen molar-refractivity contribution in [3.8, 4) is 0 Å². The maximum Gasteiger partial charge on any atom is 0.0251 e. The molecular weight excluding hydrogens is 280 g/mol. The van der Waals surface area contributed by atoms with Gasteiger partial charge in [0.15, 0.2) is 0 Å². The maximum absolute atomic E-state index is 3.54. The molecule has 12 heavy (non-hydrogen) atoms. The SMILES string of the molecule is Brc1ccc(Br)c(C2=CCC2)c1. The lowest BCUT2D eigenvalue weighted by Crippen LogP contribution is -1.94. The van der Waals surface area contributed by atoms with E-state index < -0.39 is 0 Å². The number of benzene rings is 1. The molecule has 0 saturated carbocycles. The molecule has 0 saturated heterocycles. The van der Waals surface area contributed by atoms with Crippen molar-refractivity contribution in [1.82, 2.24) is 0 Å². The molecule has 2 heteroatoms. The summed E-state index contributed by atoms with van der Waals surface area (Å²) in [6.07, 6.45) is 4.73. The molecule has 0 aromatic heterocycles. The Labute approximate surface area is 88.9 Å². The molecule has 0 spiro atoms. The van der Waals surface area contributed by atoms with Crippen molar-refractivity contribution in [3.05, 3.63) is 38.8 Å². The average molecular weight is 288 g/mol. The molecule has 0 radical (unpaired) electrons. The molecule has 0 bridgehead atoms. The lowest BCUT2D eigenvalue weighted by atomic mass is 9.92. The summed E-state index contributed by atoms with van der Waals surface area (Å²) >= 11 is 7.01. The van der Waals surface area contributed by atoms with E-state index in [9.17, 15) is 0 Å². The van der Waals surface area contributed by atoms with Gasteiger partial charge in [-0.1, -0.05) is 37.9 Å². The standard InChI is InChI=1S/C10H8Br2/c11-8-4-5-10(12)9(6-8)7-2-1-3-7/h2,4-6H,1,3H2. The van der Waals surface area contributed by atoms with Crippen LogP contribution >= 0.6 is 31.9 Å². The third-order valence-corrected chi connectivity index (χ3v) is 3.26. The summed E-state index contributed by atoms with van der Waals surface area (Å²) in [5.41, 5.74) is 2.79. The van der Waals surface area contributed by atoms with E-state index >= 15 is 0 Å². The minimum Gasteiger partial charge on any atom is -0.0803 e. The van der Waals surface area contributed by atoms with Gasteiger partial charge in [-0.05, 0) is 42.2 Å². The van der Waals surface area contributed by atoms with Gasteiger partial charge in [-0.3, -0.25) is 0 Å². The molecule has 0 aliphatic heterocycles. The van der Waals surface area contributed by atoms with Crippen molar-refractivity contribution < 1.29 is 0 Å². The number of halogens is 2. The molecule has 62 valence electrons. The zero-order valence-electron chi connectivity index (χ0n) is 6.48. The predicted octanol–water partition coefficient (Wildman–Crippen LogP) is 4.39. The van der Waals surface area contributed by atoms with Crippen molar-refractivity contribution in [1.29, 1.82) is 0 Å². The summed E-state index contributed by atoms with van der Waals surface area (Å²) in [6, 6.07) is 6.29. The van der Waals surface area contributed by atoms with Crippen LogP contribution in [0.5, 0.6) is 0 Å². The van der Waals surface area contributed by atoms with Crippen LogP contribution in [0.4, 0.5) is 0 Å². The zero-order chi connectivity index (χ0) is 8.55. The van der Waals surface area contributed by atoms with Crippen molar-refractivity contribution >= 4 is 37.4 Å². The lowest BCUT2D eigenvalue weighted by molar-refractivity contribution is 0.986. The Morgan fingerprint density at radius 2 is 1.92 bits per heavy atom. The van der Waals surface area contributed by atoms with E-state index in [-0.39, 0.29) is 0 Å². The van der Waals surface area contributed by atoms with Gasteiger partial charge in [0.25, 0.3) is 0 Å². The first-order chi connectivity index (χ1) is 5.77. The highest BCUT2D eigenvalue weighted by Gasteiger charge is 2.11. The maximum atomic E-state index is 3.54. The molecule has 1 aliphatic carbocycles. The lowest BCUT2D eigenvalue weighted by Gasteiger charge is -2.16. The van der Waals surface area contributed by atoms with Crippen molar-refractivity contribution in [2.45, 2.75) is 12.8 Å². The van der Waals surface area contributed by atoms with E-state index in [2.05, 4.69) is 50.1 Å². The van der Waals surface area contributed by atoms with Crippen LogP contribution in [0, 0.1) is 0 Å². The number of allylic oxidation sites excluding steroid dienone is 2. The fourth-order valence-electron chi connectivity index (χ4n) is 1.28. The highest BCUT2D eigenvalue weighted by atomic mass is 79.9. The van der Waals surface area contributed by atoms with Crippen LogP contribution in [0.1, 0.15) is 18.4 Å². The monoisotopic (exact) mass is 286 g/mol. The summed E-state index contributed by atoms with van der Waals surface area (Å²) < 4.78 is 2.34. The van der Waals surface area contributed by atoms with E-state index in [4.69, 9.17) is 0 Å². The molecule has 0 fully saturated rings. The second-order valence-electron chi connectivity index (χ2n) is 2.89. The summed E-state index contributed by atoms with van der Waals surface area (Å²) in [5, 5.41) is 0. The Hall–Kier alpha value is -0.0800. The number of hydrogen-bond donors (Lipinski definition) is 0. The average Bonchev–Trinajstić information content (AvgIpc) is 1.93. The van der Waals surface area contributed by atoms with E-state index in [1.807, 2.05) is 6.07 Å².